The Balaban J connectivity index is 1.88. The van der Waals surface area contributed by atoms with Gasteiger partial charge in [-0.1, -0.05) is 13.8 Å². The van der Waals surface area contributed by atoms with Crippen LogP contribution in [-0.2, 0) is 14.9 Å². The highest BCUT2D eigenvalue weighted by Gasteiger charge is 2.48. The predicted molar refractivity (Wildman–Crippen MR) is 134 cm³/mol. The molecular weight excluding hydrogens is 477 g/mol. The third-order valence-electron chi connectivity index (χ3n) is 7.60. The highest BCUT2D eigenvalue weighted by Crippen LogP contribution is 2.50. The van der Waals surface area contributed by atoms with Gasteiger partial charge in [0.25, 0.3) is 0 Å². The van der Waals surface area contributed by atoms with Gasteiger partial charge >= 0.3 is 5.97 Å². The van der Waals surface area contributed by atoms with Crippen LogP contribution in [-0.4, -0.2) is 50.6 Å². The lowest BCUT2D eigenvalue weighted by Crippen LogP contribution is -2.37. The van der Waals surface area contributed by atoms with E-state index in [1.54, 1.807) is 18.3 Å². The number of H-pyrrole nitrogens is 1. The number of nitrogens with zero attached hydrogens (tertiary/aromatic N) is 4. The molecule has 1 saturated carbocycles. The first-order valence-electron chi connectivity index (χ1n) is 12.0. The molecule has 3 aromatic heterocycles. The zero-order valence-corrected chi connectivity index (χ0v) is 21.1. The number of rotatable bonds is 7. The van der Waals surface area contributed by atoms with Gasteiger partial charge in [0.05, 0.1) is 30.4 Å². The minimum absolute atomic E-state index is 0.0902. The normalized spacial score (nSPS) is 19.9. The molecule has 0 amide bonds. The van der Waals surface area contributed by atoms with Crippen molar-refractivity contribution in [2.24, 2.45) is 0 Å². The first-order valence-corrected chi connectivity index (χ1v) is 12.0. The number of benzene rings is 1. The van der Waals surface area contributed by atoms with Crippen LogP contribution in [0.4, 0.5) is 4.39 Å². The van der Waals surface area contributed by atoms with E-state index in [2.05, 4.69) is 16.3 Å². The molecule has 10 heteroatoms. The van der Waals surface area contributed by atoms with Crippen LogP contribution >= 0.6 is 0 Å². The van der Waals surface area contributed by atoms with Gasteiger partial charge in [0.1, 0.15) is 0 Å². The van der Waals surface area contributed by atoms with Crippen molar-refractivity contribution in [1.29, 1.82) is 5.26 Å². The summed E-state index contributed by atoms with van der Waals surface area (Å²) in [5.74, 6) is -1.58. The lowest BCUT2D eigenvalue weighted by atomic mass is 9.80. The number of fused-ring (bicyclic) bond motifs is 2. The van der Waals surface area contributed by atoms with Gasteiger partial charge in [-0.2, -0.15) is 10.4 Å². The fourth-order valence-electron chi connectivity index (χ4n) is 5.70. The molecule has 0 spiro atoms. The van der Waals surface area contributed by atoms with Gasteiger partial charge < -0.3 is 19.1 Å². The van der Waals surface area contributed by atoms with Crippen molar-refractivity contribution in [3.05, 3.63) is 47.5 Å². The number of carboxylic acid groups (broad SMARTS) is 1. The van der Waals surface area contributed by atoms with E-state index in [-0.39, 0.29) is 24.5 Å². The molecule has 3 heterocycles. The summed E-state index contributed by atoms with van der Waals surface area (Å²) in [6, 6.07) is 8.89. The van der Waals surface area contributed by atoms with Gasteiger partial charge in [0.15, 0.2) is 22.8 Å². The van der Waals surface area contributed by atoms with E-state index in [1.165, 1.54) is 20.3 Å². The molecular formula is C27H28FN5O4. The lowest BCUT2D eigenvalue weighted by Gasteiger charge is -2.28. The fourth-order valence-corrected chi connectivity index (χ4v) is 5.70. The Bertz CT molecular complexity index is 1570. The average Bonchev–Trinajstić information content (AvgIpc) is 3.58. The first kappa shape index (κ1) is 24.7. The third-order valence-corrected chi connectivity index (χ3v) is 7.60. The van der Waals surface area contributed by atoms with E-state index in [0.717, 1.165) is 22.2 Å². The molecule has 0 unspecified atom stereocenters. The molecule has 37 heavy (non-hydrogen) atoms. The SMILES string of the molecule is COc1cc(-n2c(C(C)(C)CC#N)c([C@@H]3CC[C@@](OC)(C(=O)O)C3)c3nc4[nH]ncc4cc32)ccc1F. The number of nitrogens with one attached hydrogen (secondary N) is 1. The van der Waals surface area contributed by atoms with Gasteiger partial charge in [-0.3, -0.25) is 5.10 Å². The second-order valence-corrected chi connectivity index (χ2v) is 10.2. The van der Waals surface area contributed by atoms with Crippen LogP contribution in [0, 0.1) is 17.1 Å². The van der Waals surface area contributed by atoms with Crippen LogP contribution in [0.2, 0.25) is 0 Å². The second kappa shape index (κ2) is 8.85. The second-order valence-electron chi connectivity index (χ2n) is 10.2. The number of hydrogen-bond acceptors (Lipinski definition) is 6. The van der Waals surface area contributed by atoms with Gasteiger partial charge in [0, 0.05) is 47.3 Å². The van der Waals surface area contributed by atoms with E-state index < -0.39 is 22.8 Å². The van der Waals surface area contributed by atoms with Crippen molar-refractivity contribution in [2.75, 3.05) is 14.2 Å². The monoisotopic (exact) mass is 505 g/mol. The number of hydrogen-bond donors (Lipinski definition) is 2. The van der Waals surface area contributed by atoms with Crippen molar-refractivity contribution < 1.29 is 23.8 Å². The van der Waals surface area contributed by atoms with Crippen molar-refractivity contribution in [3.8, 4) is 17.5 Å². The highest BCUT2D eigenvalue weighted by atomic mass is 19.1. The van der Waals surface area contributed by atoms with Crippen molar-refractivity contribution in [2.45, 2.75) is 56.5 Å². The van der Waals surface area contributed by atoms with Crippen LogP contribution in [0.25, 0.3) is 27.8 Å². The summed E-state index contributed by atoms with van der Waals surface area (Å²) in [4.78, 5) is 17.1. The Morgan fingerprint density at radius 3 is 2.81 bits per heavy atom. The van der Waals surface area contributed by atoms with Crippen LogP contribution in [0.1, 0.15) is 56.7 Å². The van der Waals surface area contributed by atoms with Gasteiger partial charge in [-0.25, -0.2) is 14.2 Å². The molecule has 2 N–H and O–H groups in total. The molecule has 0 saturated heterocycles. The summed E-state index contributed by atoms with van der Waals surface area (Å²) in [7, 11) is 2.84. The molecule has 1 fully saturated rings. The summed E-state index contributed by atoms with van der Waals surface area (Å²) in [5, 5.41) is 27.6. The predicted octanol–water partition coefficient (Wildman–Crippen LogP) is 4.98. The fraction of sp³-hybridized carbons (Fsp3) is 0.407. The maximum Gasteiger partial charge on any atom is 0.335 e. The molecule has 0 aliphatic heterocycles. The largest absolute Gasteiger partial charge is 0.494 e. The summed E-state index contributed by atoms with van der Waals surface area (Å²) >= 11 is 0. The Morgan fingerprint density at radius 1 is 1.38 bits per heavy atom. The van der Waals surface area contributed by atoms with Crippen molar-refractivity contribution >= 4 is 28.0 Å². The number of ether oxygens (including phenoxy) is 2. The topological polar surface area (TPSA) is 126 Å². The smallest absolute Gasteiger partial charge is 0.335 e. The van der Waals surface area contributed by atoms with Crippen LogP contribution in [0.5, 0.6) is 5.75 Å². The minimum Gasteiger partial charge on any atom is -0.494 e. The molecule has 1 aliphatic carbocycles. The number of aliphatic carboxylic acids is 1. The van der Waals surface area contributed by atoms with E-state index in [4.69, 9.17) is 14.5 Å². The molecule has 192 valence electrons. The lowest BCUT2D eigenvalue weighted by molar-refractivity contribution is -0.161. The summed E-state index contributed by atoms with van der Waals surface area (Å²) in [6.45, 7) is 3.96. The quantitative estimate of drug-likeness (QED) is 0.363. The third kappa shape index (κ3) is 3.81. The maximum atomic E-state index is 14.4. The Hall–Kier alpha value is -3.97. The zero-order valence-electron chi connectivity index (χ0n) is 21.1. The maximum absolute atomic E-state index is 14.4. The van der Waals surface area contributed by atoms with Crippen molar-refractivity contribution in [1.82, 2.24) is 19.7 Å². The number of pyridine rings is 1. The van der Waals surface area contributed by atoms with E-state index in [9.17, 15) is 19.6 Å². The van der Waals surface area contributed by atoms with E-state index in [0.29, 0.717) is 29.7 Å². The molecule has 9 nitrogen and oxygen atoms in total. The molecule has 0 bridgehead atoms. The molecule has 1 aromatic carbocycles. The van der Waals surface area contributed by atoms with E-state index in [1.807, 2.05) is 24.5 Å². The van der Waals surface area contributed by atoms with Crippen LogP contribution < -0.4 is 4.74 Å². The molecule has 2 atom stereocenters. The number of methoxy groups -OCH3 is 2. The molecule has 1 aliphatic rings. The zero-order chi connectivity index (χ0) is 26.5. The number of aromatic amines is 1. The first-order chi connectivity index (χ1) is 17.7. The van der Waals surface area contributed by atoms with Gasteiger partial charge in [-0.15, -0.1) is 0 Å². The highest BCUT2D eigenvalue weighted by molar-refractivity contribution is 5.94. The number of aromatic nitrogens is 4. The summed E-state index contributed by atoms with van der Waals surface area (Å²) in [5.41, 5.74) is 2.43. The Labute approximate surface area is 212 Å². The van der Waals surface area contributed by atoms with Crippen LogP contribution in [0.3, 0.4) is 0 Å². The molecule has 5 rings (SSSR count). The Morgan fingerprint density at radius 2 is 2.16 bits per heavy atom. The summed E-state index contributed by atoms with van der Waals surface area (Å²) < 4.78 is 27.2. The number of nitriles is 1. The molecule has 4 aromatic rings. The minimum atomic E-state index is -1.30. The van der Waals surface area contributed by atoms with E-state index >= 15 is 0 Å². The Kier molecular flexibility index (Phi) is 5.91. The number of halogens is 1. The summed E-state index contributed by atoms with van der Waals surface area (Å²) in [6.07, 6.45) is 3.08. The number of carbonyl (C=O) groups is 1. The van der Waals surface area contributed by atoms with Gasteiger partial charge in [0.2, 0.25) is 0 Å². The van der Waals surface area contributed by atoms with Gasteiger partial charge in [-0.05, 0) is 43.4 Å². The standard InChI is InChI=1S/C27H28FN5O4/c1-26(2,9-10-29)23-21(15-7-8-27(13-15,37-4)25(34)35)22-19(11-16-14-30-32-24(16)31-22)33(23)17-5-6-18(28)20(12-17)36-3/h5-6,11-12,14-15H,7-9,13H2,1-4H3,(H,34,35)(H,30,31,32)/t15-,27+/m1/s1. The van der Waals surface area contributed by atoms with Crippen molar-refractivity contribution in [3.63, 3.8) is 0 Å². The number of carboxylic acids is 1. The molecule has 0 radical (unpaired) electrons. The average molecular weight is 506 g/mol. The van der Waals surface area contributed by atoms with Crippen LogP contribution in [0.15, 0.2) is 30.5 Å².